The summed E-state index contributed by atoms with van der Waals surface area (Å²) in [5.74, 6) is -6.58. The molecule has 0 spiro atoms. The van der Waals surface area contributed by atoms with Gasteiger partial charge in [0, 0.05) is 68.3 Å². The number of rotatable bonds is 41. The average molecular weight is 1210 g/mol. The first kappa shape index (κ1) is 79.0. The first-order valence-electron chi connectivity index (χ1n) is 30.9. The van der Waals surface area contributed by atoms with Crippen molar-refractivity contribution in [2.45, 2.75) is 237 Å². The highest BCUT2D eigenvalue weighted by Gasteiger charge is 2.36. The fourth-order valence-corrected chi connectivity index (χ4v) is 9.27. The summed E-state index contributed by atoms with van der Waals surface area (Å²) in [4.78, 5) is 166. The Balaban J connectivity index is 6.98. The van der Waals surface area contributed by atoms with Gasteiger partial charge in [0.15, 0.2) is 0 Å². The Hall–Kier alpha value is -5.95. The molecular formula is C60H111N11O14. The van der Waals surface area contributed by atoms with Crippen LogP contribution in [0.5, 0.6) is 0 Å². The van der Waals surface area contributed by atoms with Gasteiger partial charge >= 0.3 is 0 Å². The fourth-order valence-electron chi connectivity index (χ4n) is 9.27. The van der Waals surface area contributed by atoms with E-state index in [9.17, 15) is 68.1 Å². The Labute approximate surface area is 507 Å². The van der Waals surface area contributed by atoms with Gasteiger partial charge in [-0.15, -0.1) is 0 Å². The minimum Gasteiger partial charge on any atom is -0.392 e. The van der Waals surface area contributed by atoms with Gasteiger partial charge in [-0.25, -0.2) is 0 Å². The molecule has 25 heteroatoms. The predicted octanol–water partition coefficient (Wildman–Crippen LogP) is 1.90. The molecule has 0 aliphatic carbocycles. The Kier molecular flexibility index (Phi) is 36.9. The number of aliphatic hydroxyl groups is 3. The molecule has 10 unspecified atom stereocenters. The summed E-state index contributed by atoms with van der Waals surface area (Å²) in [6.45, 7) is 25.2. The van der Waals surface area contributed by atoms with Crippen LogP contribution in [0, 0.1) is 0 Å². The second-order valence-electron chi connectivity index (χ2n) is 23.1. The number of amides is 11. The lowest BCUT2D eigenvalue weighted by molar-refractivity contribution is -0.152. The van der Waals surface area contributed by atoms with E-state index in [0.717, 1.165) is 14.7 Å². The molecule has 0 bridgehead atoms. The van der Waals surface area contributed by atoms with Gasteiger partial charge in [-0.1, -0.05) is 55.4 Å². The van der Waals surface area contributed by atoms with Gasteiger partial charge in [-0.2, -0.15) is 0 Å². The van der Waals surface area contributed by atoms with E-state index >= 15 is 0 Å². The molecule has 490 valence electrons. The van der Waals surface area contributed by atoms with Crippen molar-refractivity contribution >= 4 is 65.0 Å². The molecule has 0 radical (unpaired) electrons. The molecule has 11 amide bonds. The van der Waals surface area contributed by atoms with Crippen molar-refractivity contribution < 1.29 is 68.1 Å². The molecule has 0 saturated carbocycles. The number of hydrogen-bond donors (Lipinski definition) is 4. The van der Waals surface area contributed by atoms with Crippen molar-refractivity contribution in [3.63, 3.8) is 0 Å². The summed E-state index contributed by atoms with van der Waals surface area (Å²) in [6, 6.07) is -3.32. The van der Waals surface area contributed by atoms with Gasteiger partial charge in [0.2, 0.25) is 65.0 Å². The SMILES string of the molecule is CCC(=O)N(CC(=O)N(CC(=O)N(CC(=O)N(CC(=O)N(CC(=O)N(CC(=O)N(CC(=O)N(CC(=O)N(CC(=O)N(CC(N)=O)C(C)CC)CC(C)O)C(C)CC)C(C)CC)CC(C)O)C(C)CC)C(C)CC)CC(C)O)C(C)CC)C(C)CC. The normalized spacial score (nSPS) is 14.8. The van der Waals surface area contributed by atoms with Crippen LogP contribution in [0.25, 0.3) is 0 Å². The van der Waals surface area contributed by atoms with Crippen molar-refractivity contribution in [3.05, 3.63) is 0 Å². The monoisotopic (exact) mass is 1210 g/mol. The van der Waals surface area contributed by atoms with Crippen molar-refractivity contribution in [2.75, 3.05) is 85.1 Å². The van der Waals surface area contributed by atoms with E-state index in [-0.39, 0.29) is 51.1 Å². The lowest BCUT2D eigenvalue weighted by Crippen LogP contribution is -2.56. The molecule has 0 aliphatic rings. The number of nitrogens with two attached hydrogens (primary N) is 1. The predicted molar refractivity (Wildman–Crippen MR) is 325 cm³/mol. The van der Waals surface area contributed by atoms with Crippen molar-refractivity contribution in [3.8, 4) is 0 Å². The Bertz CT molecular complexity index is 2170. The Morgan fingerprint density at radius 2 is 0.435 bits per heavy atom. The van der Waals surface area contributed by atoms with Crippen molar-refractivity contribution in [1.82, 2.24) is 49.0 Å². The fraction of sp³-hybridized carbons (Fsp3) is 0.817. The summed E-state index contributed by atoms with van der Waals surface area (Å²) in [5, 5.41) is 31.7. The lowest BCUT2D eigenvalue weighted by atomic mass is 10.1. The quantitative estimate of drug-likeness (QED) is 0.0680. The van der Waals surface area contributed by atoms with Gasteiger partial charge in [-0.05, 0) is 114 Å². The molecule has 0 heterocycles. The first-order chi connectivity index (χ1) is 39.6. The minimum atomic E-state index is -1.15. The van der Waals surface area contributed by atoms with Crippen LogP contribution in [0.2, 0.25) is 0 Å². The van der Waals surface area contributed by atoms with Crippen LogP contribution in [0.3, 0.4) is 0 Å². The van der Waals surface area contributed by atoms with E-state index in [0.29, 0.717) is 44.9 Å². The molecule has 0 fully saturated rings. The molecule has 0 aliphatic heterocycles. The maximum atomic E-state index is 14.6. The van der Waals surface area contributed by atoms with Gasteiger partial charge in [0.1, 0.15) is 39.3 Å². The van der Waals surface area contributed by atoms with E-state index in [2.05, 4.69) is 0 Å². The van der Waals surface area contributed by atoms with Gasteiger partial charge < -0.3 is 70.1 Å². The largest absolute Gasteiger partial charge is 0.392 e. The molecule has 25 nitrogen and oxygen atoms in total. The van der Waals surface area contributed by atoms with E-state index in [1.165, 1.54) is 55.1 Å². The van der Waals surface area contributed by atoms with Crippen molar-refractivity contribution in [2.24, 2.45) is 5.73 Å². The summed E-state index contributed by atoms with van der Waals surface area (Å²) in [5.41, 5.74) is 5.44. The zero-order chi connectivity index (χ0) is 65.7. The molecule has 0 aromatic heterocycles. The number of hydrogen-bond acceptors (Lipinski definition) is 14. The molecular weight excluding hydrogens is 1100 g/mol. The first-order valence-corrected chi connectivity index (χ1v) is 30.9. The maximum absolute atomic E-state index is 14.6. The Morgan fingerprint density at radius 3 is 0.600 bits per heavy atom. The third kappa shape index (κ3) is 26.7. The maximum Gasteiger partial charge on any atom is 0.242 e. The highest BCUT2D eigenvalue weighted by Crippen LogP contribution is 2.17. The topological polar surface area (TPSA) is 307 Å². The zero-order valence-corrected chi connectivity index (χ0v) is 55.0. The van der Waals surface area contributed by atoms with E-state index in [4.69, 9.17) is 5.73 Å². The minimum absolute atomic E-state index is 0.186. The molecule has 0 saturated heterocycles. The number of aliphatic hydroxyl groups excluding tert-OH is 3. The molecule has 10 atom stereocenters. The van der Waals surface area contributed by atoms with Crippen LogP contribution in [-0.2, 0) is 52.7 Å². The van der Waals surface area contributed by atoms with E-state index < -0.39 is 166 Å². The number of carbonyl (C=O) groups excluding carboxylic acids is 11. The number of carbonyl (C=O) groups is 11. The average Bonchev–Trinajstić information content (AvgIpc) is 3.64. The summed E-state index contributed by atoms with van der Waals surface area (Å²) >= 11 is 0. The molecule has 0 aromatic rings. The molecule has 0 rings (SSSR count). The highest BCUT2D eigenvalue weighted by molar-refractivity contribution is 5.95. The van der Waals surface area contributed by atoms with Crippen molar-refractivity contribution in [1.29, 1.82) is 0 Å². The second kappa shape index (κ2) is 39.7. The second-order valence-corrected chi connectivity index (χ2v) is 23.1. The molecule has 5 N–H and O–H groups in total. The van der Waals surface area contributed by atoms with Gasteiger partial charge in [0.05, 0.1) is 44.5 Å². The van der Waals surface area contributed by atoms with Crippen LogP contribution in [0.4, 0.5) is 0 Å². The third-order valence-electron chi connectivity index (χ3n) is 16.1. The van der Waals surface area contributed by atoms with Gasteiger partial charge in [0.25, 0.3) is 0 Å². The van der Waals surface area contributed by atoms with Crippen LogP contribution in [-0.4, -0.2) is 275 Å². The number of nitrogens with zero attached hydrogens (tertiary/aromatic N) is 10. The van der Waals surface area contributed by atoms with Crippen LogP contribution < -0.4 is 5.73 Å². The van der Waals surface area contributed by atoms with Crippen LogP contribution in [0.15, 0.2) is 0 Å². The molecule has 0 aromatic carbocycles. The third-order valence-corrected chi connectivity index (χ3v) is 16.1. The highest BCUT2D eigenvalue weighted by atomic mass is 16.3. The lowest BCUT2D eigenvalue weighted by Gasteiger charge is -2.37. The van der Waals surface area contributed by atoms with E-state index in [1.807, 2.05) is 34.6 Å². The van der Waals surface area contributed by atoms with Crippen LogP contribution in [0.1, 0.15) is 176 Å². The summed E-state index contributed by atoms with van der Waals surface area (Å²) in [7, 11) is 0. The summed E-state index contributed by atoms with van der Waals surface area (Å²) in [6.07, 6.45) is -0.0325. The number of primary amides is 1. The summed E-state index contributed by atoms with van der Waals surface area (Å²) < 4.78 is 0. The smallest absolute Gasteiger partial charge is 0.242 e. The van der Waals surface area contributed by atoms with E-state index in [1.54, 1.807) is 69.2 Å². The van der Waals surface area contributed by atoms with Crippen LogP contribution >= 0.6 is 0 Å². The Morgan fingerprint density at radius 1 is 0.271 bits per heavy atom. The zero-order valence-electron chi connectivity index (χ0n) is 55.0. The standard InChI is InChI=1S/C60H111N11O14/c1-19-40(9)65(30-50(61)75)55(80)31-62(27-47(16)72)52(77)35-68(43(12)22-4)59(84)38-70(45(14)24-6)57(82)33-64(29-49(18)74)54(79)36-69(44(13)23-5)60(85)39-71(46(15)25-7)56(81)32-63(28-48(17)73)53(78)34-67(42(11)21-3)58(83)37-66(41(10)20-2)51(76)26-8/h40-49,72-74H,19-39H2,1-18H3,(H2,61,75). The molecule has 85 heavy (non-hydrogen) atoms. The van der Waals surface area contributed by atoms with Gasteiger partial charge in [-0.3, -0.25) is 52.7 Å².